The second-order valence-corrected chi connectivity index (χ2v) is 11.9. The van der Waals surface area contributed by atoms with E-state index in [9.17, 15) is 31.7 Å². The number of carbonyl (C=O) groups excluding carboxylic acids is 2. The Morgan fingerprint density at radius 1 is 0.867 bits per heavy atom. The first-order valence-electron chi connectivity index (χ1n) is 14.1. The van der Waals surface area contributed by atoms with Crippen molar-refractivity contribution in [3.8, 4) is 11.3 Å². The number of furan rings is 1. The molecule has 5 rings (SSSR count). The maximum absolute atomic E-state index is 13.6. The van der Waals surface area contributed by atoms with E-state index in [0.717, 1.165) is 6.07 Å². The molecule has 1 aliphatic carbocycles. The smallest absolute Gasteiger partial charge is 0.347 e. The van der Waals surface area contributed by atoms with Crippen molar-refractivity contribution in [3.05, 3.63) is 118 Å². The SMILES string of the molecule is O=C(NCCCN(CCCS(=O)(=O)O)C(=O)c1ccc2cc(-c3cc4ccc(F)cc4oc3=O)oc2c1)C1=C/C=C\C=C/C=C\1. The van der Waals surface area contributed by atoms with Crippen molar-refractivity contribution in [2.75, 3.05) is 25.4 Å². The number of rotatable bonds is 11. The summed E-state index contributed by atoms with van der Waals surface area (Å²) in [6.45, 7) is 0.493. The van der Waals surface area contributed by atoms with Crippen molar-refractivity contribution in [1.29, 1.82) is 0 Å². The summed E-state index contributed by atoms with van der Waals surface area (Å²) >= 11 is 0. The minimum Gasteiger partial charge on any atom is -0.456 e. The Bertz CT molecular complexity index is 2050. The summed E-state index contributed by atoms with van der Waals surface area (Å²) in [7, 11) is -4.22. The number of fused-ring (bicyclic) bond motifs is 2. The fourth-order valence-corrected chi connectivity index (χ4v) is 5.27. The van der Waals surface area contributed by atoms with Crippen molar-refractivity contribution >= 4 is 43.9 Å². The van der Waals surface area contributed by atoms with E-state index in [1.165, 1.54) is 29.2 Å². The first-order valence-corrected chi connectivity index (χ1v) is 15.7. The largest absolute Gasteiger partial charge is 0.456 e. The first-order chi connectivity index (χ1) is 21.6. The molecule has 2 heterocycles. The summed E-state index contributed by atoms with van der Waals surface area (Å²) in [6.07, 6.45) is 12.7. The molecule has 10 nitrogen and oxygen atoms in total. The van der Waals surface area contributed by atoms with E-state index in [0.29, 0.717) is 28.3 Å². The maximum atomic E-state index is 13.6. The Kier molecular flexibility index (Phi) is 9.55. The first kappa shape index (κ1) is 31.4. The standard InChI is InChI=1S/C33H29FN2O8S/c34-26-13-12-23-18-27(33(39)44-29(23)21-26)30-19-24-10-11-25(20-28(24)43-30)32(38)36(16-7-17-45(40,41)42)15-6-14-35-31(37)22-8-4-2-1-3-5-9-22/h1-5,8-13,18-21H,6-7,14-17H2,(H,35,37)(H,40,41,42)/b2-1-,3-1?,4-2?,5-3-,8-4-,9-5?,22-8?,22-9+. The Hall–Kier alpha value is -5.07. The number of nitrogens with zero attached hydrogens (tertiary/aromatic N) is 1. The van der Waals surface area contributed by atoms with Crippen molar-refractivity contribution in [1.82, 2.24) is 10.2 Å². The highest BCUT2D eigenvalue weighted by atomic mass is 32.2. The molecular formula is C33H29FN2O8S. The van der Waals surface area contributed by atoms with Crippen LogP contribution >= 0.6 is 0 Å². The number of carbonyl (C=O) groups is 2. The minimum atomic E-state index is -4.22. The van der Waals surface area contributed by atoms with Gasteiger partial charge in [0.15, 0.2) is 0 Å². The summed E-state index contributed by atoms with van der Waals surface area (Å²) in [5, 5.41) is 3.94. The lowest BCUT2D eigenvalue weighted by atomic mass is 10.1. The van der Waals surface area contributed by atoms with Gasteiger partial charge in [-0.3, -0.25) is 14.1 Å². The quantitative estimate of drug-likeness (QED) is 0.131. The zero-order valence-corrected chi connectivity index (χ0v) is 24.8. The van der Waals surface area contributed by atoms with Gasteiger partial charge in [-0.25, -0.2) is 9.18 Å². The average Bonchev–Trinajstić information content (AvgIpc) is 3.40. The van der Waals surface area contributed by atoms with E-state index in [1.807, 2.05) is 6.08 Å². The van der Waals surface area contributed by atoms with Gasteiger partial charge in [-0.1, -0.05) is 36.4 Å². The van der Waals surface area contributed by atoms with Gasteiger partial charge in [0.2, 0.25) is 0 Å². The van der Waals surface area contributed by atoms with Crippen LogP contribution in [0.3, 0.4) is 0 Å². The van der Waals surface area contributed by atoms with Crippen molar-refractivity contribution in [2.24, 2.45) is 0 Å². The molecule has 4 aromatic rings. The topological polar surface area (TPSA) is 147 Å². The second kappa shape index (κ2) is 13.7. The molecule has 0 radical (unpaired) electrons. The third-order valence-corrected chi connectivity index (χ3v) is 7.80. The number of hydrogen-bond donors (Lipinski definition) is 2. The molecule has 0 unspecified atom stereocenters. The molecule has 2 aromatic carbocycles. The van der Waals surface area contributed by atoms with Crippen LogP contribution in [-0.4, -0.2) is 55.1 Å². The Labute approximate surface area is 257 Å². The van der Waals surface area contributed by atoms with Crippen LogP contribution in [0.5, 0.6) is 0 Å². The van der Waals surface area contributed by atoms with Gasteiger partial charge in [-0.15, -0.1) is 0 Å². The molecule has 0 saturated carbocycles. The van der Waals surface area contributed by atoms with Crippen LogP contribution in [0.15, 0.2) is 110 Å². The number of benzene rings is 2. The second-order valence-electron chi connectivity index (χ2n) is 10.3. The van der Waals surface area contributed by atoms with E-state index in [-0.39, 0.29) is 54.4 Å². The molecule has 0 aliphatic heterocycles. The summed E-state index contributed by atoms with van der Waals surface area (Å²) in [6, 6.07) is 11.8. The monoisotopic (exact) mass is 632 g/mol. The van der Waals surface area contributed by atoms with Crippen LogP contribution in [-0.2, 0) is 14.9 Å². The Balaban J connectivity index is 1.31. The third-order valence-electron chi connectivity index (χ3n) is 7.00. The normalized spacial score (nSPS) is 16.4. The van der Waals surface area contributed by atoms with Gasteiger partial charge in [0.1, 0.15) is 28.3 Å². The molecule has 232 valence electrons. The van der Waals surface area contributed by atoms with Crippen molar-refractivity contribution < 1.29 is 35.8 Å². The van der Waals surface area contributed by atoms with Crippen LogP contribution in [0.4, 0.5) is 4.39 Å². The number of allylic oxidation sites excluding steroid dienone is 6. The van der Waals surface area contributed by atoms with Gasteiger partial charge < -0.3 is 19.1 Å². The minimum absolute atomic E-state index is 0.00322. The van der Waals surface area contributed by atoms with Crippen LogP contribution in [0.25, 0.3) is 33.3 Å². The fourth-order valence-electron chi connectivity index (χ4n) is 4.78. The van der Waals surface area contributed by atoms with Crippen LogP contribution in [0.1, 0.15) is 23.2 Å². The predicted octanol–water partition coefficient (Wildman–Crippen LogP) is 5.18. The van der Waals surface area contributed by atoms with Gasteiger partial charge in [-0.2, -0.15) is 8.42 Å². The van der Waals surface area contributed by atoms with Crippen molar-refractivity contribution in [3.63, 3.8) is 0 Å². The molecule has 0 atom stereocenters. The molecule has 0 fully saturated rings. The van der Waals surface area contributed by atoms with Gasteiger partial charge in [0.05, 0.1) is 5.75 Å². The van der Waals surface area contributed by atoms with E-state index in [4.69, 9.17) is 8.83 Å². The molecule has 2 N–H and O–H groups in total. The molecule has 12 heteroatoms. The van der Waals surface area contributed by atoms with Gasteiger partial charge >= 0.3 is 5.63 Å². The van der Waals surface area contributed by atoms with E-state index in [2.05, 4.69) is 5.32 Å². The molecule has 0 saturated heterocycles. The molecule has 45 heavy (non-hydrogen) atoms. The summed E-state index contributed by atoms with van der Waals surface area (Å²) in [5.74, 6) is -1.53. The maximum Gasteiger partial charge on any atom is 0.347 e. The number of nitrogens with one attached hydrogen (secondary N) is 1. The summed E-state index contributed by atoms with van der Waals surface area (Å²) < 4.78 is 56.5. The average molecular weight is 633 g/mol. The number of hydrogen-bond acceptors (Lipinski definition) is 7. The van der Waals surface area contributed by atoms with E-state index in [1.54, 1.807) is 54.7 Å². The Morgan fingerprint density at radius 3 is 2.40 bits per heavy atom. The molecule has 0 spiro atoms. The molecular weight excluding hydrogens is 603 g/mol. The lowest BCUT2D eigenvalue weighted by Gasteiger charge is -2.23. The Morgan fingerprint density at radius 2 is 1.58 bits per heavy atom. The summed E-state index contributed by atoms with van der Waals surface area (Å²) in [4.78, 5) is 40.2. The summed E-state index contributed by atoms with van der Waals surface area (Å²) in [5.41, 5.74) is 0.567. The molecule has 2 aromatic heterocycles. The highest BCUT2D eigenvalue weighted by Gasteiger charge is 2.20. The van der Waals surface area contributed by atoms with Crippen LogP contribution in [0, 0.1) is 5.82 Å². The third kappa shape index (κ3) is 8.11. The molecule has 2 amide bonds. The van der Waals surface area contributed by atoms with Crippen LogP contribution < -0.4 is 10.9 Å². The highest BCUT2D eigenvalue weighted by Crippen LogP contribution is 2.29. The fraction of sp³-hybridized carbons (Fsp3) is 0.182. The zero-order chi connectivity index (χ0) is 32.0. The lowest BCUT2D eigenvalue weighted by Crippen LogP contribution is -2.36. The molecule has 1 aliphatic rings. The predicted molar refractivity (Wildman–Crippen MR) is 168 cm³/mol. The number of halogens is 1. The molecule has 0 bridgehead atoms. The zero-order valence-electron chi connectivity index (χ0n) is 23.9. The van der Waals surface area contributed by atoms with Crippen LogP contribution in [0.2, 0.25) is 0 Å². The lowest BCUT2D eigenvalue weighted by molar-refractivity contribution is -0.117. The van der Waals surface area contributed by atoms with Gasteiger partial charge in [0, 0.05) is 47.6 Å². The van der Waals surface area contributed by atoms with E-state index < -0.39 is 33.2 Å². The van der Waals surface area contributed by atoms with Gasteiger partial charge in [0.25, 0.3) is 21.9 Å². The number of amides is 2. The highest BCUT2D eigenvalue weighted by molar-refractivity contribution is 7.85. The van der Waals surface area contributed by atoms with Crippen molar-refractivity contribution in [2.45, 2.75) is 12.8 Å². The van der Waals surface area contributed by atoms with Gasteiger partial charge in [-0.05, 0) is 61.4 Å². The van der Waals surface area contributed by atoms with E-state index >= 15 is 0 Å².